The fourth-order valence-corrected chi connectivity index (χ4v) is 2.79. The van der Waals surface area contributed by atoms with Crippen molar-refractivity contribution in [3.63, 3.8) is 0 Å². The summed E-state index contributed by atoms with van der Waals surface area (Å²) in [4.78, 5) is 12.8. The summed E-state index contributed by atoms with van der Waals surface area (Å²) in [6.07, 6.45) is 6.90. The summed E-state index contributed by atoms with van der Waals surface area (Å²) < 4.78 is 0.0434. The molecule has 0 saturated heterocycles. The van der Waals surface area contributed by atoms with Gasteiger partial charge in [0.05, 0.1) is 10.4 Å². The Morgan fingerprint density at radius 2 is 1.94 bits per heavy atom. The molecule has 0 spiro atoms. The van der Waals surface area contributed by atoms with Gasteiger partial charge >= 0.3 is 0 Å². The number of rotatable bonds is 5. The van der Waals surface area contributed by atoms with Crippen LogP contribution in [0.25, 0.3) is 0 Å². The number of nitrogens with one attached hydrogen (secondary N) is 1. The number of carbonyl (C=O) groups is 1. The van der Waals surface area contributed by atoms with Crippen LogP contribution in [0.4, 0.5) is 0 Å². The molecular formula is C13H24N2OS2. The molecule has 1 fully saturated rings. The van der Waals surface area contributed by atoms with Crippen LogP contribution in [0, 0.1) is 5.41 Å². The lowest BCUT2D eigenvalue weighted by Crippen LogP contribution is -2.52. The Bertz CT molecular complexity index is 323. The molecular weight excluding hydrogens is 264 g/mol. The summed E-state index contributed by atoms with van der Waals surface area (Å²) >= 11 is 6.90. The van der Waals surface area contributed by atoms with Crippen LogP contribution in [0.2, 0.25) is 0 Å². The Balaban J connectivity index is 2.69. The molecule has 3 N–H and O–H groups in total. The minimum absolute atomic E-state index is 0.0248. The molecule has 1 saturated carbocycles. The number of nitrogens with two attached hydrogens (primary N) is 1. The second-order valence-corrected chi connectivity index (χ2v) is 7.61. The molecule has 3 nitrogen and oxygen atoms in total. The number of hydrogen-bond donors (Lipinski definition) is 2. The molecule has 1 amide bonds. The van der Waals surface area contributed by atoms with Gasteiger partial charge in [0.15, 0.2) is 0 Å². The highest BCUT2D eigenvalue weighted by molar-refractivity contribution is 7.99. The van der Waals surface area contributed by atoms with Crippen molar-refractivity contribution in [3.05, 3.63) is 0 Å². The fourth-order valence-electron chi connectivity index (χ4n) is 2.28. The maximum absolute atomic E-state index is 12.4. The predicted octanol–water partition coefficient (Wildman–Crippen LogP) is 2.48. The van der Waals surface area contributed by atoms with Crippen LogP contribution >= 0.6 is 24.0 Å². The molecule has 104 valence electrons. The van der Waals surface area contributed by atoms with Crippen molar-refractivity contribution >= 4 is 34.9 Å². The van der Waals surface area contributed by atoms with E-state index in [4.69, 9.17) is 18.0 Å². The molecule has 0 aliphatic heterocycles. The molecule has 0 radical (unpaired) electrons. The Labute approximate surface area is 120 Å². The topological polar surface area (TPSA) is 55.1 Å². The first-order valence-electron chi connectivity index (χ1n) is 6.47. The summed E-state index contributed by atoms with van der Waals surface area (Å²) in [6.45, 7) is 4.88. The summed E-state index contributed by atoms with van der Waals surface area (Å²) in [6, 6.07) is 0. The highest BCUT2D eigenvalue weighted by Crippen LogP contribution is 2.37. The minimum Gasteiger partial charge on any atom is -0.392 e. The highest BCUT2D eigenvalue weighted by atomic mass is 32.2. The SMILES string of the molecule is CSC(C)(C)CNC(=O)C1(C(N)=S)CCCCC1. The lowest BCUT2D eigenvalue weighted by molar-refractivity contribution is -0.128. The standard InChI is InChI=1S/C13H24N2OS2/c1-12(2,18-3)9-15-11(16)13(10(14)17)7-5-4-6-8-13/h4-9H2,1-3H3,(H2,14,17)(H,15,16). The molecule has 0 aromatic heterocycles. The van der Waals surface area contributed by atoms with Gasteiger partial charge in [-0.1, -0.05) is 31.5 Å². The van der Waals surface area contributed by atoms with E-state index in [0.29, 0.717) is 11.5 Å². The smallest absolute Gasteiger partial charge is 0.233 e. The number of carbonyl (C=O) groups excluding carboxylic acids is 1. The molecule has 18 heavy (non-hydrogen) atoms. The Hall–Kier alpha value is -0.290. The van der Waals surface area contributed by atoms with Crippen molar-refractivity contribution < 1.29 is 4.79 Å². The van der Waals surface area contributed by atoms with Gasteiger partial charge in [-0.05, 0) is 32.9 Å². The largest absolute Gasteiger partial charge is 0.392 e. The van der Waals surface area contributed by atoms with Crippen LogP contribution in [-0.4, -0.2) is 28.4 Å². The molecule has 0 heterocycles. The van der Waals surface area contributed by atoms with E-state index in [-0.39, 0.29) is 10.7 Å². The predicted molar refractivity (Wildman–Crippen MR) is 82.9 cm³/mol. The molecule has 1 aliphatic rings. The average molecular weight is 288 g/mol. The van der Waals surface area contributed by atoms with E-state index in [2.05, 4.69) is 25.4 Å². The van der Waals surface area contributed by atoms with Gasteiger partial charge in [-0.2, -0.15) is 11.8 Å². The van der Waals surface area contributed by atoms with Crippen LogP contribution in [0.3, 0.4) is 0 Å². The third-order valence-electron chi connectivity index (χ3n) is 3.84. The van der Waals surface area contributed by atoms with Crippen LogP contribution in [0.15, 0.2) is 0 Å². The molecule has 0 bridgehead atoms. The Morgan fingerprint density at radius 3 is 2.39 bits per heavy atom. The summed E-state index contributed by atoms with van der Waals surface area (Å²) in [7, 11) is 0. The van der Waals surface area contributed by atoms with E-state index >= 15 is 0 Å². The van der Waals surface area contributed by atoms with Gasteiger partial charge in [-0.3, -0.25) is 4.79 Å². The van der Waals surface area contributed by atoms with Crippen molar-refractivity contribution in [1.29, 1.82) is 0 Å². The van der Waals surface area contributed by atoms with Gasteiger partial charge in [0, 0.05) is 11.3 Å². The molecule has 1 rings (SSSR count). The van der Waals surface area contributed by atoms with Crippen molar-refractivity contribution in [2.75, 3.05) is 12.8 Å². The lowest BCUT2D eigenvalue weighted by Gasteiger charge is -2.35. The van der Waals surface area contributed by atoms with Crippen molar-refractivity contribution in [2.24, 2.45) is 11.1 Å². The summed E-state index contributed by atoms with van der Waals surface area (Å²) in [5.74, 6) is 0.0248. The Kier molecular flexibility index (Phi) is 5.46. The van der Waals surface area contributed by atoms with Gasteiger partial charge in [0.25, 0.3) is 0 Å². The average Bonchev–Trinajstić information content (AvgIpc) is 2.36. The highest BCUT2D eigenvalue weighted by Gasteiger charge is 2.42. The zero-order valence-electron chi connectivity index (χ0n) is 11.5. The van der Waals surface area contributed by atoms with Gasteiger partial charge in [0.1, 0.15) is 0 Å². The first kappa shape index (κ1) is 15.8. The molecule has 0 aromatic carbocycles. The molecule has 1 aliphatic carbocycles. The van der Waals surface area contributed by atoms with E-state index in [0.717, 1.165) is 25.7 Å². The second-order valence-electron chi connectivity index (χ2n) is 5.65. The molecule has 0 atom stereocenters. The van der Waals surface area contributed by atoms with Crippen molar-refractivity contribution in [1.82, 2.24) is 5.32 Å². The fraction of sp³-hybridized carbons (Fsp3) is 0.846. The summed E-state index contributed by atoms with van der Waals surface area (Å²) in [5.41, 5.74) is 5.25. The minimum atomic E-state index is -0.595. The van der Waals surface area contributed by atoms with Gasteiger partial charge < -0.3 is 11.1 Å². The first-order valence-corrected chi connectivity index (χ1v) is 8.11. The molecule has 0 unspecified atom stereocenters. The number of thioether (sulfide) groups is 1. The van der Waals surface area contributed by atoms with Crippen molar-refractivity contribution in [2.45, 2.75) is 50.7 Å². The zero-order valence-corrected chi connectivity index (χ0v) is 13.2. The maximum Gasteiger partial charge on any atom is 0.233 e. The maximum atomic E-state index is 12.4. The van der Waals surface area contributed by atoms with E-state index < -0.39 is 5.41 Å². The van der Waals surface area contributed by atoms with E-state index in [1.165, 1.54) is 6.42 Å². The molecule has 5 heteroatoms. The zero-order chi connectivity index (χ0) is 13.8. The van der Waals surface area contributed by atoms with E-state index in [1.54, 1.807) is 11.8 Å². The van der Waals surface area contributed by atoms with Crippen LogP contribution < -0.4 is 11.1 Å². The molecule has 0 aromatic rings. The second kappa shape index (κ2) is 6.24. The van der Waals surface area contributed by atoms with Gasteiger partial charge in [-0.25, -0.2) is 0 Å². The van der Waals surface area contributed by atoms with Crippen LogP contribution in [0.5, 0.6) is 0 Å². The third kappa shape index (κ3) is 3.60. The normalized spacial score (nSPS) is 19.3. The monoisotopic (exact) mass is 288 g/mol. The van der Waals surface area contributed by atoms with E-state index in [9.17, 15) is 4.79 Å². The van der Waals surface area contributed by atoms with Gasteiger partial charge in [-0.15, -0.1) is 0 Å². The van der Waals surface area contributed by atoms with E-state index in [1.807, 2.05) is 0 Å². The number of amides is 1. The number of hydrogen-bond acceptors (Lipinski definition) is 3. The first-order chi connectivity index (χ1) is 8.34. The van der Waals surface area contributed by atoms with Crippen LogP contribution in [0.1, 0.15) is 46.0 Å². The quantitative estimate of drug-likeness (QED) is 0.763. The lowest BCUT2D eigenvalue weighted by atomic mass is 9.73. The van der Waals surface area contributed by atoms with Crippen molar-refractivity contribution in [3.8, 4) is 0 Å². The Morgan fingerprint density at radius 1 is 1.39 bits per heavy atom. The number of thiocarbonyl (C=S) groups is 1. The summed E-state index contributed by atoms with van der Waals surface area (Å²) in [5, 5.41) is 3.04. The van der Waals surface area contributed by atoms with Gasteiger partial charge in [0.2, 0.25) is 5.91 Å². The van der Waals surface area contributed by atoms with Crippen LogP contribution in [-0.2, 0) is 4.79 Å². The third-order valence-corrected chi connectivity index (χ3v) is 5.48.